The van der Waals surface area contributed by atoms with Crippen molar-refractivity contribution in [2.75, 3.05) is 55.4 Å². The Morgan fingerprint density at radius 2 is 1.65 bits per heavy atom. The molecule has 2 aliphatic rings. The van der Waals surface area contributed by atoms with Crippen molar-refractivity contribution < 1.29 is 33.8 Å². The van der Waals surface area contributed by atoms with Gasteiger partial charge >= 0.3 is 0 Å². The van der Waals surface area contributed by atoms with E-state index in [0.717, 1.165) is 40.2 Å². The van der Waals surface area contributed by atoms with Gasteiger partial charge in [-0.2, -0.15) is 4.98 Å². The van der Waals surface area contributed by atoms with Gasteiger partial charge in [-0.1, -0.05) is 70.5 Å². The molecule has 19 nitrogen and oxygen atoms in total. The van der Waals surface area contributed by atoms with Crippen molar-refractivity contribution in [1.29, 1.82) is 0 Å². The largest absolute Gasteiger partial charge is 0.494 e. The molecule has 0 spiro atoms. The first-order valence-electron chi connectivity index (χ1n) is 26.4. The molecule has 78 heavy (non-hydrogen) atoms. The van der Waals surface area contributed by atoms with E-state index in [-0.39, 0.29) is 61.1 Å². The molecule has 3 aromatic carbocycles. The van der Waals surface area contributed by atoms with E-state index < -0.39 is 29.5 Å². The van der Waals surface area contributed by atoms with Crippen LogP contribution < -0.4 is 36.5 Å². The zero-order valence-electron chi connectivity index (χ0n) is 45.1. The number of hydrogen-bond donors (Lipinski definition) is 5. The Morgan fingerprint density at radius 1 is 0.910 bits per heavy atom. The second-order valence-electron chi connectivity index (χ2n) is 20.9. The van der Waals surface area contributed by atoms with Gasteiger partial charge in [0.15, 0.2) is 5.65 Å². The van der Waals surface area contributed by atoms with E-state index >= 15 is 0 Å². The molecule has 0 saturated carbocycles. The van der Waals surface area contributed by atoms with Crippen LogP contribution in [0.5, 0.6) is 5.75 Å². The number of thiazole rings is 1. The number of rotatable bonds is 20. The predicted molar refractivity (Wildman–Crippen MR) is 303 cm³/mol. The second kappa shape index (κ2) is 25.0. The number of carbonyl (C=O) groups is 5. The third-order valence-corrected chi connectivity index (χ3v) is 15.2. The number of nitrogens with one attached hydrogen (secondary N) is 4. The van der Waals surface area contributed by atoms with E-state index in [4.69, 9.17) is 9.72 Å². The molecule has 3 unspecified atom stereocenters. The van der Waals surface area contributed by atoms with Gasteiger partial charge in [0.2, 0.25) is 35.5 Å². The molecule has 2 aliphatic heterocycles. The summed E-state index contributed by atoms with van der Waals surface area (Å²) in [5.74, 6) is -0.512. The third-order valence-electron chi connectivity index (χ3n) is 14.2. The lowest BCUT2D eigenvalue weighted by Crippen LogP contribution is -2.57. The SMILES string of the molecule is C=CC(=O)Nc1cccc(-n2c(=O)cc(C)c3cnc(Nc4ccc(N5CCN(C(=O)CCCCCCC(=O)NC(C(=O)N6CC(O)CC6C(=O)NCc6ccc(-c7scnc7C)cc6)C(C)(C)C)CC5)cc4OC)nc32)c1. The number of unbranched alkanes of at least 4 members (excludes halogenated alkanes) is 3. The Hall–Kier alpha value is -7.97. The number of pyridine rings is 1. The molecule has 2 saturated heterocycles. The number of ether oxygens (including phenoxy) is 1. The first-order valence-corrected chi connectivity index (χ1v) is 27.2. The van der Waals surface area contributed by atoms with Crippen LogP contribution in [0.15, 0.2) is 102 Å². The van der Waals surface area contributed by atoms with E-state index in [2.05, 4.69) is 42.7 Å². The van der Waals surface area contributed by atoms with Crippen LogP contribution in [0.4, 0.5) is 23.0 Å². The Morgan fingerprint density at radius 3 is 2.35 bits per heavy atom. The van der Waals surface area contributed by atoms with Crippen molar-refractivity contribution in [3.8, 4) is 21.9 Å². The Bertz CT molecular complexity index is 3240. The van der Waals surface area contributed by atoms with Gasteiger partial charge in [0.1, 0.15) is 17.8 Å². The van der Waals surface area contributed by atoms with E-state index in [1.165, 1.54) is 21.6 Å². The summed E-state index contributed by atoms with van der Waals surface area (Å²) in [4.78, 5) is 99.9. The number of aliphatic hydroxyl groups excluding tert-OH is 1. The number of amides is 5. The molecule has 3 aromatic heterocycles. The highest BCUT2D eigenvalue weighted by atomic mass is 32.1. The number of nitrogens with zero attached hydrogens (tertiary/aromatic N) is 7. The maximum Gasteiger partial charge on any atom is 0.257 e. The molecular formula is C58H69N11O8S. The summed E-state index contributed by atoms with van der Waals surface area (Å²) < 4.78 is 7.28. The second-order valence-corrected chi connectivity index (χ2v) is 21.8. The summed E-state index contributed by atoms with van der Waals surface area (Å²) in [6.07, 6.45) is 5.48. The van der Waals surface area contributed by atoms with Gasteiger partial charge < -0.3 is 45.8 Å². The lowest BCUT2D eigenvalue weighted by Gasteiger charge is -2.36. The van der Waals surface area contributed by atoms with Crippen molar-refractivity contribution in [1.82, 2.24) is 40.0 Å². The Labute approximate surface area is 458 Å². The number of β-amino-alcohol motifs (C(OH)–C–C–N with tert-alkyl or cyclic N) is 1. The van der Waals surface area contributed by atoms with Gasteiger partial charge in [-0.05, 0) is 85.2 Å². The highest BCUT2D eigenvalue weighted by Gasteiger charge is 2.44. The third kappa shape index (κ3) is 13.6. The van der Waals surface area contributed by atoms with Crippen LogP contribution >= 0.6 is 11.3 Å². The number of carbonyl (C=O) groups excluding carboxylic acids is 5. The van der Waals surface area contributed by atoms with Crippen LogP contribution in [0, 0.1) is 19.3 Å². The van der Waals surface area contributed by atoms with Crippen molar-refractivity contribution >= 4 is 74.9 Å². The minimum Gasteiger partial charge on any atom is -0.494 e. The first kappa shape index (κ1) is 56.2. The summed E-state index contributed by atoms with van der Waals surface area (Å²) in [6, 6.07) is 20.3. The number of anilines is 4. The van der Waals surface area contributed by atoms with E-state index in [1.807, 2.05) is 87.5 Å². The summed E-state index contributed by atoms with van der Waals surface area (Å²) in [6.45, 7) is 15.5. The molecule has 0 radical (unpaired) electrons. The van der Waals surface area contributed by atoms with Gasteiger partial charge in [-0.15, -0.1) is 11.3 Å². The average Bonchev–Trinajstić information content (AvgIpc) is 4.08. The minimum atomic E-state index is -0.909. The van der Waals surface area contributed by atoms with E-state index in [9.17, 15) is 33.9 Å². The number of aliphatic hydroxyl groups is 1. The zero-order valence-corrected chi connectivity index (χ0v) is 46.0. The summed E-state index contributed by atoms with van der Waals surface area (Å²) in [5, 5.41) is 23.2. The number of aryl methyl sites for hydroxylation is 2. The summed E-state index contributed by atoms with van der Waals surface area (Å²) in [5.41, 5.74) is 7.40. The number of piperazine rings is 1. The number of benzene rings is 3. The molecule has 5 amide bonds. The molecule has 410 valence electrons. The number of hydrogen-bond acceptors (Lipinski definition) is 14. The van der Waals surface area contributed by atoms with Gasteiger partial charge in [-0.3, -0.25) is 33.3 Å². The maximum atomic E-state index is 14.1. The maximum absolute atomic E-state index is 14.1. The van der Waals surface area contributed by atoms with Gasteiger partial charge in [0.05, 0.1) is 40.7 Å². The van der Waals surface area contributed by atoms with Crippen LogP contribution in [-0.2, 0) is 30.5 Å². The Balaban J connectivity index is 0.770. The fourth-order valence-corrected chi connectivity index (χ4v) is 10.7. The van der Waals surface area contributed by atoms with E-state index in [0.29, 0.717) is 84.9 Å². The molecule has 2 fully saturated rings. The van der Waals surface area contributed by atoms with Crippen LogP contribution in [-0.4, -0.2) is 122 Å². The highest BCUT2D eigenvalue weighted by molar-refractivity contribution is 7.13. The smallest absolute Gasteiger partial charge is 0.257 e. The van der Waals surface area contributed by atoms with Crippen LogP contribution in [0.2, 0.25) is 0 Å². The van der Waals surface area contributed by atoms with Gasteiger partial charge in [-0.25, -0.2) is 9.97 Å². The number of methoxy groups -OCH3 is 1. The predicted octanol–water partition coefficient (Wildman–Crippen LogP) is 7.20. The van der Waals surface area contributed by atoms with Crippen molar-refractivity contribution in [2.45, 2.75) is 104 Å². The van der Waals surface area contributed by atoms with Crippen molar-refractivity contribution in [2.24, 2.45) is 5.41 Å². The fourth-order valence-electron chi connectivity index (χ4n) is 9.88. The van der Waals surface area contributed by atoms with Gasteiger partial charge in [0, 0.05) is 93.6 Å². The minimum absolute atomic E-state index is 0.00230. The molecule has 6 aromatic rings. The van der Waals surface area contributed by atoms with Crippen LogP contribution in [0.3, 0.4) is 0 Å². The standard InChI is InChI=1S/C58H69N11O8S/c1-8-48(71)62-40-14-13-15-42(29-40)69-51(74)28-36(2)44-33-60-57(65-54(44)69)63-45-23-22-41(30-47(45)77-7)66-24-26-67(27-25-66)50(73)17-12-10-9-11-16-49(72)64-53(58(4,5)6)56(76)68-34-43(70)31-46(68)55(75)59-32-38-18-20-39(21-19-38)52-37(3)61-35-78-52/h8,13-15,18-23,28-30,33,35,43,46,53,70H,1,9-12,16-17,24-27,31-32,34H2,2-7H3,(H,59,75)(H,62,71)(H,64,72)(H,60,63,65). The molecule has 0 bridgehead atoms. The Kier molecular flexibility index (Phi) is 18.0. The van der Waals surface area contributed by atoms with Crippen LogP contribution in [0.1, 0.15) is 82.5 Å². The average molecular weight is 1080 g/mol. The van der Waals surface area contributed by atoms with Crippen molar-refractivity contribution in [3.05, 3.63) is 124 Å². The number of fused-ring (bicyclic) bond motifs is 1. The molecule has 3 atom stereocenters. The molecule has 20 heteroatoms. The molecule has 0 aliphatic carbocycles. The van der Waals surface area contributed by atoms with Gasteiger partial charge in [0.25, 0.3) is 5.56 Å². The topological polar surface area (TPSA) is 233 Å². The quantitative estimate of drug-likeness (QED) is 0.0377. The lowest BCUT2D eigenvalue weighted by atomic mass is 9.85. The zero-order chi connectivity index (χ0) is 55.7. The summed E-state index contributed by atoms with van der Waals surface area (Å²) >= 11 is 1.57. The van der Waals surface area contributed by atoms with Crippen molar-refractivity contribution in [3.63, 3.8) is 0 Å². The van der Waals surface area contributed by atoms with Crippen LogP contribution in [0.25, 0.3) is 27.2 Å². The summed E-state index contributed by atoms with van der Waals surface area (Å²) in [7, 11) is 1.58. The van der Waals surface area contributed by atoms with E-state index in [1.54, 1.807) is 48.9 Å². The number of likely N-dealkylation sites (tertiary alicyclic amines) is 1. The molecule has 5 N–H and O–H groups in total. The normalized spacial score (nSPS) is 15.9. The first-order chi connectivity index (χ1) is 37.4. The molecule has 8 rings (SSSR count). The monoisotopic (exact) mass is 1080 g/mol. The highest BCUT2D eigenvalue weighted by Crippen LogP contribution is 2.33. The molecular weight excluding hydrogens is 1010 g/mol. The number of aromatic nitrogens is 4. The lowest BCUT2D eigenvalue weighted by molar-refractivity contribution is -0.144. The molecule has 5 heterocycles. The fraction of sp³-hybridized carbons (Fsp3) is 0.397.